The van der Waals surface area contributed by atoms with E-state index in [1.165, 1.54) is 7.11 Å². The molecule has 0 amide bonds. The van der Waals surface area contributed by atoms with E-state index in [0.29, 0.717) is 24.3 Å². The molecule has 7 nitrogen and oxygen atoms in total. The van der Waals surface area contributed by atoms with Crippen molar-refractivity contribution in [3.05, 3.63) is 27.9 Å². The number of methoxy groups -OCH3 is 1. The van der Waals surface area contributed by atoms with Crippen LogP contribution < -0.4 is 5.32 Å². The molecular weight excluding hydrogens is 262 g/mol. The second-order valence-electron chi connectivity index (χ2n) is 4.40. The van der Waals surface area contributed by atoms with Gasteiger partial charge in [0.05, 0.1) is 12.0 Å². The van der Waals surface area contributed by atoms with Crippen LogP contribution in [0.3, 0.4) is 0 Å². The Hall–Kier alpha value is -2.18. The Morgan fingerprint density at radius 3 is 2.85 bits per heavy atom. The molecule has 0 atom stereocenters. The summed E-state index contributed by atoms with van der Waals surface area (Å²) in [5, 5.41) is 13.9. The molecule has 0 saturated heterocycles. The van der Waals surface area contributed by atoms with E-state index in [4.69, 9.17) is 0 Å². The zero-order chi connectivity index (χ0) is 15.0. The number of hydrogen-bond donors (Lipinski definition) is 1. The predicted molar refractivity (Wildman–Crippen MR) is 74.6 cm³/mol. The van der Waals surface area contributed by atoms with Crippen molar-refractivity contribution in [2.24, 2.45) is 0 Å². The van der Waals surface area contributed by atoms with Crippen LogP contribution in [0.1, 0.15) is 31.2 Å². The van der Waals surface area contributed by atoms with Crippen molar-refractivity contribution in [2.45, 2.75) is 32.6 Å². The average Bonchev–Trinajstić information content (AvgIpc) is 2.41. The van der Waals surface area contributed by atoms with Crippen LogP contribution in [0.25, 0.3) is 0 Å². The normalized spacial score (nSPS) is 10.1. The van der Waals surface area contributed by atoms with Gasteiger partial charge in [0.15, 0.2) is 0 Å². The van der Waals surface area contributed by atoms with Gasteiger partial charge >= 0.3 is 11.7 Å². The van der Waals surface area contributed by atoms with E-state index >= 15 is 0 Å². The first-order valence-corrected chi connectivity index (χ1v) is 6.47. The maximum Gasteiger partial charge on any atom is 0.314 e. The van der Waals surface area contributed by atoms with Crippen LogP contribution >= 0.6 is 0 Å². The fourth-order valence-corrected chi connectivity index (χ4v) is 1.79. The first kappa shape index (κ1) is 15.9. The van der Waals surface area contributed by atoms with Crippen LogP contribution in [0.15, 0.2) is 12.3 Å². The quantitative estimate of drug-likeness (QED) is 0.340. The molecule has 1 rings (SSSR count). The van der Waals surface area contributed by atoms with E-state index in [9.17, 15) is 14.9 Å². The van der Waals surface area contributed by atoms with Crippen molar-refractivity contribution in [3.63, 3.8) is 0 Å². The largest absolute Gasteiger partial charge is 0.469 e. The van der Waals surface area contributed by atoms with Gasteiger partial charge in [-0.3, -0.25) is 14.9 Å². The number of unbranched alkanes of at least 4 members (excludes halogenated alkanes) is 2. The number of aromatic nitrogens is 1. The third kappa shape index (κ3) is 4.83. The number of anilines is 1. The van der Waals surface area contributed by atoms with Gasteiger partial charge in [-0.25, -0.2) is 4.98 Å². The maximum atomic E-state index is 11.0. The second-order valence-corrected chi connectivity index (χ2v) is 4.40. The van der Waals surface area contributed by atoms with Gasteiger partial charge in [0.1, 0.15) is 0 Å². The van der Waals surface area contributed by atoms with Crippen LogP contribution in [0.2, 0.25) is 0 Å². The highest BCUT2D eigenvalue weighted by molar-refractivity contribution is 5.68. The average molecular weight is 281 g/mol. The number of esters is 1. The summed E-state index contributed by atoms with van der Waals surface area (Å²) >= 11 is 0. The van der Waals surface area contributed by atoms with Crippen molar-refractivity contribution in [2.75, 3.05) is 19.0 Å². The molecule has 1 N–H and O–H groups in total. The molecule has 0 radical (unpaired) electrons. The predicted octanol–water partition coefficient (Wildman–Crippen LogP) is 2.44. The standard InChI is InChI=1S/C13H19N3O4/c1-10-7-9-15-13(12(10)16(18)19)14-8-5-3-4-6-11(17)20-2/h7,9H,3-6,8H2,1-2H3,(H,14,15). The number of nitrogens with zero attached hydrogens (tertiary/aromatic N) is 2. The fourth-order valence-electron chi connectivity index (χ4n) is 1.79. The van der Waals surface area contributed by atoms with Crippen LogP contribution in [-0.4, -0.2) is 29.5 Å². The molecule has 0 unspecified atom stereocenters. The maximum absolute atomic E-state index is 11.0. The Morgan fingerprint density at radius 1 is 1.45 bits per heavy atom. The van der Waals surface area contributed by atoms with Gasteiger partial charge in [0, 0.05) is 24.7 Å². The van der Waals surface area contributed by atoms with Gasteiger partial charge in [0.25, 0.3) is 0 Å². The number of hydrogen-bond acceptors (Lipinski definition) is 6. The Bertz CT molecular complexity index is 477. The molecule has 0 aliphatic heterocycles. The van der Waals surface area contributed by atoms with E-state index in [0.717, 1.165) is 19.3 Å². The lowest BCUT2D eigenvalue weighted by Crippen LogP contribution is -2.07. The minimum Gasteiger partial charge on any atom is -0.469 e. The van der Waals surface area contributed by atoms with Gasteiger partial charge in [-0.05, 0) is 25.8 Å². The molecular formula is C13H19N3O4. The highest BCUT2D eigenvalue weighted by atomic mass is 16.6. The van der Waals surface area contributed by atoms with Crippen LogP contribution in [-0.2, 0) is 9.53 Å². The summed E-state index contributed by atoms with van der Waals surface area (Å²) < 4.78 is 4.54. The first-order valence-electron chi connectivity index (χ1n) is 6.47. The summed E-state index contributed by atoms with van der Waals surface area (Å²) in [6.45, 7) is 2.26. The van der Waals surface area contributed by atoms with Gasteiger partial charge in [-0.1, -0.05) is 6.42 Å². The van der Waals surface area contributed by atoms with Crippen molar-refractivity contribution in [1.29, 1.82) is 0 Å². The monoisotopic (exact) mass is 281 g/mol. The first-order chi connectivity index (χ1) is 9.56. The molecule has 1 heterocycles. The van der Waals surface area contributed by atoms with Crippen molar-refractivity contribution in [3.8, 4) is 0 Å². The van der Waals surface area contributed by atoms with Crippen molar-refractivity contribution in [1.82, 2.24) is 4.98 Å². The Balaban J connectivity index is 2.37. The summed E-state index contributed by atoms with van der Waals surface area (Å²) in [7, 11) is 1.37. The van der Waals surface area contributed by atoms with E-state index in [2.05, 4.69) is 15.0 Å². The lowest BCUT2D eigenvalue weighted by atomic mass is 10.2. The molecule has 0 aliphatic carbocycles. The summed E-state index contributed by atoms with van der Waals surface area (Å²) in [6.07, 6.45) is 4.35. The molecule has 20 heavy (non-hydrogen) atoms. The van der Waals surface area contributed by atoms with Crippen LogP contribution in [0.5, 0.6) is 0 Å². The minimum atomic E-state index is -0.429. The van der Waals surface area contributed by atoms with Gasteiger partial charge in [0.2, 0.25) is 5.82 Å². The Kier molecular flexibility index (Phi) is 6.42. The second kappa shape index (κ2) is 8.08. The number of pyridine rings is 1. The summed E-state index contributed by atoms with van der Waals surface area (Å²) in [6, 6.07) is 1.61. The van der Waals surface area contributed by atoms with Crippen LogP contribution in [0, 0.1) is 17.0 Å². The third-order valence-corrected chi connectivity index (χ3v) is 2.89. The number of ether oxygens (including phenoxy) is 1. The van der Waals surface area contributed by atoms with Gasteiger partial charge in [-0.2, -0.15) is 0 Å². The number of carbonyl (C=O) groups is 1. The van der Waals surface area contributed by atoms with Gasteiger partial charge in [-0.15, -0.1) is 0 Å². The van der Waals surface area contributed by atoms with Gasteiger partial charge < -0.3 is 10.1 Å². The van der Waals surface area contributed by atoms with Crippen molar-refractivity contribution < 1.29 is 14.5 Å². The molecule has 0 aromatic carbocycles. The topological polar surface area (TPSA) is 94.4 Å². The number of nitrogens with one attached hydrogen (secondary N) is 1. The Labute approximate surface area is 117 Å². The summed E-state index contributed by atoms with van der Waals surface area (Å²) in [5.41, 5.74) is 0.597. The number of aryl methyl sites for hydroxylation is 1. The van der Waals surface area contributed by atoms with Crippen LogP contribution in [0.4, 0.5) is 11.5 Å². The zero-order valence-electron chi connectivity index (χ0n) is 11.7. The lowest BCUT2D eigenvalue weighted by Gasteiger charge is -2.07. The molecule has 7 heteroatoms. The highest BCUT2D eigenvalue weighted by Gasteiger charge is 2.17. The number of carbonyl (C=O) groups excluding carboxylic acids is 1. The molecule has 0 bridgehead atoms. The van der Waals surface area contributed by atoms with E-state index in [-0.39, 0.29) is 11.7 Å². The molecule has 0 saturated carbocycles. The fraction of sp³-hybridized carbons (Fsp3) is 0.538. The van der Waals surface area contributed by atoms with Crippen molar-refractivity contribution >= 4 is 17.5 Å². The van der Waals surface area contributed by atoms with E-state index in [1.807, 2.05) is 0 Å². The molecule has 1 aromatic rings. The molecule has 0 aliphatic rings. The third-order valence-electron chi connectivity index (χ3n) is 2.89. The SMILES string of the molecule is COC(=O)CCCCCNc1nccc(C)c1[N+](=O)[O-]. The summed E-state index contributed by atoms with van der Waals surface area (Å²) in [4.78, 5) is 25.4. The molecule has 0 spiro atoms. The lowest BCUT2D eigenvalue weighted by molar-refractivity contribution is -0.384. The summed E-state index contributed by atoms with van der Waals surface area (Å²) in [5.74, 6) is 0.0805. The molecule has 110 valence electrons. The smallest absolute Gasteiger partial charge is 0.314 e. The minimum absolute atomic E-state index is 0.0158. The highest BCUT2D eigenvalue weighted by Crippen LogP contribution is 2.25. The van der Waals surface area contributed by atoms with E-state index < -0.39 is 4.92 Å². The van der Waals surface area contributed by atoms with E-state index in [1.54, 1.807) is 19.2 Å². The zero-order valence-corrected chi connectivity index (χ0v) is 11.7. The molecule has 1 aromatic heterocycles. The number of nitro groups is 1. The Morgan fingerprint density at radius 2 is 2.20 bits per heavy atom. The number of rotatable bonds is 8. The molecule has 0 fully saturated rings.